The lowest BCUT2D eigenvalue weighted by Crippen LogP contribution is -2.39. The molecule has 0 saturated carbocycles. The highest BCUT2D eigenvalue weighted by Crippen LogP contribution is 2.13. The van der Waals surface area contributed by atoms with Crippen LogP contribution in [0.1, 0.15) is 32.1 Å². The Kier molecular flexibility index (Phi) is 6.98. The van der Waals surface area contributed by atoms with Gasteiger partial charge in [-0.1, -0.05) is 0 Å². The molecule has 1 aliphatic heterocycles. The zero-order chi connectivity index (χ0) is 14.1. The van der Waals surface area contributed by atoms with Gasteiger partial charge in [0, 0.05) is 32.4 Å². The molecule has 0 aliphatic carbocycles. The average Bonchev–Trinajstić information content (AvgIpc) is 2.28. The molecular formula is C11H19N3O5. The molecule has 1 saturated heterocycles. The molecule has 0 spiro atoms. The molecule has 19 heavy (non-hydrogen) atoms. The van der Waals surface area contributed by atoms with Gasteiger partial charge in [-0.3, -0.25) is 14.4 Å². The first-order valence-corrected chi connectivity index (χ1v) is 6.30. The van der Waals surface area contributed by atoms with Gasteiger partial charge < -0.3 is 10.2 Å². The van der Waals surface area contributed by atoms with Gasteiger partial charge in [0.05, 0.1) is 6.54 Å². The molecule has 8 nitrogen and oxygen atoms in total. The van der Waals surface area contributed by atoms with Crippen molar-refractivity contribution in [3.63, 3.8) is 0 Å². The predicted octanol–water partition coefficient (Wildman–Crippen LogP) is 1.13. The number of hydroxylamine groups is 2. The van der Waals surface area contributed by atoms with E-state index in [2.05, 4.69) is 10.2 Å². The number of carboxylic acids is 2. The number of rotatable bonds is 10. The molecule has 1 unspecified atom stereocenters. The van der Waals surface area contributed by atoms with Crippen molar-refractivity contribution in [2.75, 3.05) is 19.6 Å². The minimum absolute atomic E-state index is 0.0351. The Labute approximate surface area is 111 Å². The number of aliphatic carboxylic acids is 2. The van der Waals surface area contributed by atoms with Crippen molar-refractivity contribution in [3.8, 4) is 0 Å². The summed E-state index contributed by atoms with van der Waals surface area (Å²) in [6, 6.07) is 0. The second-order valence-electron chi connectivity index (χ2n) is 4.25. The van der Waals surface area contributed by atoms with Crippen LogP contribution in [-0.2, 0) is 14.4 Å². The maximum absolute atomic E-state index is 10.5. The third-order valence-electron chi connectivity index (χ3n) is 2.55. The molecule has 2 N–H and O–H groups in total. The molecule has 1 heterocycles. The summed E-state index contributed by atoms with van der Waals surface area (Å²) in [5, 5.41) is 26.6. The van der Waals surface area contributed by atoms with Crippen molar-refractivity contribution in [3.05, 3.63) is 0 Å². The highest BCUT2D eigenvalue weighted by Gasteiger charge is 2.20. The summed E-state index contributed by atoms with van der Waals surface area (Å²) in [4.78, 5) is 26.3. The van der Waals surface area contributed by atoms with E-state index in [0.29, 0.717) is 13.0 Å². The second kappa shape index (κ2) is 8.54. The van der Waals surface area contributed by atoms with Gasteiger partial charge in [0.25, 0.3) is 0 Å². The fourth-order valence-corrected chi connectivity index (χ4v) is 1.39. The van der Waals surface area contributed by atoms with Crippen molar-refractivity contribution in [2.24, 2.45) is 10.2 Å². The highest BCUT2D eigenvalue weighted by atomic mass is 16.7. The Balaban J connectivity index is 2.27. The van der Waals surface area contributed by atoms with E-state index in [-0.39, 0.29) is 19.3 Å². The number of carboxylic acid groups (broad SMARTS) is 2. The van der Waals surface area contributed by atoms with Gasteiger partial charge in [0.15, 0.2) is 6.23 Å². The van der Waals surface area contributed by atoms with Gasteiger partial charge in [0.1, 0.15) is 0 Å². The van der Waals surface area contributed by atoms with Crippen molar-refractivity contribution in [1.82, 2.24) is 5.06 Å². The van der Waals surface area contributed by atoms with Crippen LogP contribution in [0.15, 0.2) is 10.2 Å². The molecule has 0 amide bonds. The summed E-state index contributed by atoms with van der Waals surface area (Å²) in [7, 11) is 0. The maximum Gasteiger partial charge on any atom is 0.303 e. The molecule has 108 valence electrons. The van der Waals surface area contributed by atoms with E-state index >= 15 is 0 Å². The Morgan fingerprint density at radius 1 is 1.21 bits per heavy atom. The number of nitrogens with zero attached hydrogens (tertiary/aromatic N) is 3. The molecule has 8 heteroatoms. The summed E-state index contributed by atoms with van der Waals surface area (Å²) in [5.74, 6) is -1.77. The van der Waals surface area contributed by atoms with Crippen molar-refractivity contribution < 1.29 is 24.6 Å². The topological polar surface area (TPSA) is 112 Å². The smallest absolute Gasteiger partial charge is 0.303 e. The van der Waals surface area contributed by atoms with Crippen molar-refractivity contribution >= 4 is 11.9 Å². The van der Waals surface area contributed by atoms with Crippen LogP contribution in [-0.4, -0.2) is 53.1 Å². The Bertz CT molecular complexity index is 330. The average molecular weight is 273 g/mol. The molecule has 1 rings (SSSR count). The standard InChI is InChI=1S/C11H19N3O5/c15-10(16)3-1-6-12-13-9(4-5-11(17)18)19-14-7-2-8-14/h9H,1-8H2,(H,15,16)(H,17,18). The van der Waals surface area contributed by atoms with Gasteiger partial charge in [-0.25, -0.2) is 0 Å². The summed E-state index contributed by atoms with van der Waals surface area (Å²) >= 11 is 0. The van der Waals surface area contributed by atoms with Crippen LogP contribution in [0.5, 0.6) is 0 Å². The van der Waals surface area contributed by atoms with Gasteiger partial charge in [-0.05, 0) is 12.8 Å². The van der Waals surface area contributed by atoms with Crippen LogP contribution in [0.25, 0.3) is 0 Å². The van der Waals surface area contributed by atoms with Crippen LogP contribution in [0.4, 0.5) is 0 Å². The van der Waals surface area contributed by atoms with E-state index < -0.39 is 18.2 Å². The molecule has 1 atom stereocenters. The molecule has 0 radical (unpaired) electrons. The Morgan fingerprint density at radius 2 is 1.89 bits per heavy atom. The molecule has 0 aromatic heterocycles. The second-order valence-corrected chi connectivity index (χ2v) is 4.25. The van der Waals surface area contributed by atoms with Gasteiger partial charge in [-0.2, -0.15) is 15.3 Å². The summed E-state index contributed by atoms with van der Waals surface area (Å²) in [6.45, 7) is 1.94. The predicted molar refractivity (Wildman–Crippen MR) is 64.5 cm³/mol. The quantitative estimate of drug-likeness (QED) is 0.456. The van der Waals surface area contributed by atoms with Gasteiger partial charge in [-0.15, -0.1) is 0 Å². The van der Waals surface area contributed by atoms with Crippen LogP contribution in [0, 0.1) is 0 Å². The van der Waals surface area contributed by atoms with E-state index in [4.69, 9.17) is 15.1 Å². The SMILES string of the molecule is O=C(O)CCCN=NC(CCC(=O)O)ON1CCC1. The van der Waals surface area contributed by atoms with E-state index in [0.717, 1.165) is 19.5 Å². The summed E-state index contributed by atoms with van der Waals surface area (Å²) in [5.41, 5.74) is 0. The minimum atomic E-state index is -0.904. The number of hydrogen-bond donors (Lipinski definition) is 2. The summed E-state index contributed by atoms with van der Waals surface area (Å²) < 4.78 is 0. The molecular weight excluding hydrogens is 254 g/mol. The number of hydrogen-bond acceptors (Lipinski definition) is 6. The molecule has 0 bridgehead atoms. The maximum atomic E-state index is 10.5. The first-order chi connectivity index (χ1) is 9.08. The summed E-state index contributed by atoms with van der Waals surface area (Å²) in [6.07, 6.45) is 1.14. The normalized spacial score (nSPS) is 17.3. The zero-order valence-corrected chi connectivity index (χ0v) is 10.7. The fraction of sp³-hybridized carbons (Fsp3) is 0.818. The van der Waals surface area contributed by atoms with Gasteiger partial charge >= 0.3 is 11.9 Å². The lowest BCUT2D eigenvalue weighted by atomic mass is 10.3. The third kappa shape index (κ3) is 7.47. The van der Waals surface area contributed by atoms with E-state index in [1.807, 2.05) is 0 Å². The zero-order valence-electron chi connectivity index (χ0n) is 10.7. The monoisotopic (exact) mass is 273 g/mol. The first-order valence-electron chi connectivity index (χ1n) is 6.30. The Hall–Kier alpha value is -1.54. The number of carbonyl (C=O) groups is 2. The van der Waals surface area contributed by atoms with Gasteiger partial charge in [0.2, 0.25) is 0 Å². The lowest BCUT2D eigenvalue weighted by molar-refractivity contribution is -0.231. The van der Waals surface area contributed by atoms with Crippen molar-refractivity contribution in [1.29, 1.82) is 0 Å². The van der Waals surface area contributed by atoms with E-state index in [1.165, 1.54) is 0 Å². The van der Waals surface area contributed by atoms with Crippen LogP contribution >= 0.6 is 0 Å². The van der Waals surface area contributed by atoms with Crippen LogP contribution < -0.4 is 0 Å². The fourth-order valence-electron chi connectivity index (χ4n) is 1.39. The highest BCUT2D eigenvalue weighted by molar-refractivity contribution is 5.66. The molecule has 1 aliphatic rings. The van der Waals surface area contributed by atoms with E-state index in [1.54, 1.807) is 5.06 Å². The Morgan fingerprint density at radius 3 is 2.42 bits per heavy atom. The largest absolute Gasteiger partial charge is 0.481 e. The first kappa shape index (κ1) is 15.5. The van der Waals surface area contributed by atoms with Crippen molar-refractivity contribution in [2.45, 2.75) is 38.3 Å². The molecule has 0 aromatic carbocycles. The lowest BCUT2D eigenvalue weighted by Gasteiger charge is -2.31. The van der Waals surface area contributed by atoms with E-state index in [9.17, 15) is 9.59 Å². The molecule has 1 fully saturated rings. The molecule has 0 aromatic rings. The van der Waals surface area contributed by atoms with Crippen LogP contribution in [0.3, 0.4) is 0 Å². The minimum Gasteiger partial charge on any atom is -0.481 e. The third-order valence-corrected chi connectivity index (χ3v) is 2.55. The number of azo groups is 1. The van der Waals surface area contributed by atoms with Crippen LogP contribution in [0.2, 0.25) is 0 Å².